The van der Waals surface area contributed by atoms with Gasteiger partial charge in [0.05, 0.1) is 20.3 Å². The quantitative estimate of drug-likeness (QED) is 0.548. The van der Waals surface area contributed by atoms with Crippen molar-refractivity contribution < 1.29 is 19.1 Å². The second-order valence-electron chi connectivity index (χ2n) is 2.95. The van der Waals surface area contributed by atoms with Crippen molar-refractivity contribution in [3.63, 3.8) is 0 Å². The molecule has 1 aromatic heterocycles. The van der Waals surface area contributed by atoms with E-state index in [4.69, 9.17) is 0 Å². The highest BCUT2D eigenvalue weighted by molar-refractivity contribution is 6.14. The number of carbonyl (C=O) groups is 2. The van der Waals surface area contributed by atoms with Crippen LogP contribution in [0.25, 0.3) is 5.70 Å². The number of hydrogen-bond donors (Lipinski definition) is 0. The lowest BCUT2D eigenvalue weighted by Gasteiger charge is -2.07. The number of rotatable bonds is 3. The highest BCUT2D eigenvalue weighted by atomic mass is 16.5. The molecule has 6 nitrogen and oxygen atoms in total. The van der Waals surface area contributed by atoms with Crippen molar-refractivity contribution in [2.75, 3.05) is 14.2 Å². The predicted octanol–water partition coefficient (Wildman–Crippen LogP) is 0.0352. The summed E-state index contributed by atoms with van der Waals surface area (Å²) in [6.07, 6.45) is 2.25. The van der Waals surface area contributed by atoms with Crippen molar-refractivity contribution >= 4 is 17.6 Å². The second-order valence-corrected chi connectivity index (χ2v) is 2.95. The van der Waals surface area contributed by atoms with Crippen molar-refractivity contribution in [2.45, 2.75) is 0 Å². The van der Waals surface area contributed by atoms with E-state index in [1.165, 1.54) is 25.4 Å². The van der Waals surface area contributed by atoms with Crippen LogP contribution in [-0.4, -0.2) is 30.7 Å². The molecule has 0 amide bonds. The van der Waals surface area contributed by atoms with E-state index >= 15 is 0 Å². The maximum atomic E-state index is 11.5. The first-order chi connectivity index (χ1) is 8.10. The Hall–Kier alpha value is -2.37. The molecule has 0 aliphatic carbocycles. The van der Waals surface area contributed by atoms with Gasteiger partial charge in [0, 0.05) is 12.3 Å². The van der Waals surface area contributed by atoms with Gasteiger partial charge in [-0.2, -0.15) is 0 Å². The van der Waals surface area contributed by atoms with Crippen LogP contribution >= 0.6 is 0 Å². The molecule has 0 unspecified atom stereocenters. The number of aromatic nitrogens is 1. The Balaban J connectivity index is 3.31. The fraction of sp³-hybridized carbons (Fsp3) is 0.182. The van der Waals surface area contributed by atoms with Crippen LogP contribution in [0.15, 0.2) is 35.3 Å². The van der Waals surface area contributed by atoms with Crippen LogP contribution in [0, 0.1) is 0 Å². The van der Waals surface area contributed by atoms with Gasteiger partial charge < -0.3 is 9.47 Å². The third kappa shape index (κ3) is 3.04. The summed E-state index contributed by atoms with van der Waals surface area (Å²) >= 11 is 0. The summed E-state index contributed by atoms with van der Waals surface area (Å²) in [5.41, 5.74) is -0.655. The molecule has 0 aromatic carbocycles. The summed E-state index contributed by atoms with van der Waals surface area (Å²) in [6.45, 7) is 0. The Morgan fingerprint density at radius 2 is 1.94 bits per heavy atom. The monoisotopic (exact) mass is 237 g/mol. The molecule has 0 bridgehead atoms. The number of nitrogens with zero attached hydrogens (tertiary/aromatic N) is 1. The topological polar surface area (TPSA) is 74.6 Å². The second kappa shape index (κ2) is 5.64. The third-order valence-electron chi connectivity index (χ3n) is 1.93. The highest BCUT2D eigenvalue weighted by Gasteiger charge is 2.15. The van der Waals surface area contributed by atoms with Gasteiger partial charge in [-0.25, -0.2) is 9.59 Å². The molecule has 90 valence electrons. The Morgan fingerprint density at radius 3 is 2.47 bits per heavy atom. The Labute approximate surface area is 97.1 Å². The van der Waals surface area contributed by atoms with E-state index in [2.05, 4.69) is 9.47 Å². The minimum Gasteiger partial charge on any atom is -0.466 e. The normalized spacial score (nSPS) is 10.8. The van der Waals surface area contributed by atoms with Gasteiger partial charge in [0.2, 0.25) is 0 Å². The van der Waals surface area contributed by atoms with E-state index in [9.17, 15) is 14.4 Å². The van der Waals surface area contributed by atoms with Crippen molar-refractivity contribution in [1.82, 2.24) is 4.57 Å². The minimum atomic E-state index is -0.802. The maximum Gasteiger partial charge on any atom is 0.355 e. The summed E-state index contributed by atoms with van der Waals surface area (Å²) in [7, 11) is 2.32. The summed E-state index contributed by atoms with van der Waals surface area (Å²) in [5.74, 6) is -1.55. The Morgan fingerprint density at radius 1 is 1.24 bits per heavy atom. The summed E-state index contributed by atoms with van der Waals surface area (Å²) in [4.78, 5) is 34.1. The molecular weight excluding hydrogens is 226 g/mol. The zero-order chi connectivity index (χ0) is 12.8. The van der Waals surface area contributed by atoms with E-state index < -0.39 is 17.5 Å². The molecule has 0 N–H and O–H groups in total. The maximum absolute atomic E-state index is 11.5. The highest BCUT2D eigenvalue weighted by Crippen LogP contribution is 2.04. The number of ether oxygens (including phenoxy) is 2. The van der Waals surface area contributed by atoms with E-state index in [1.807, 2.05) is 0 Å². The molecule has 6 heteroatoms. The van der Waals surface area contributed by atoms with E-state index in [0.717, 1.165) is 17.8 Å². The van der Waals surface area contributed by atoms with Crippen molar-refractivity contribution in [2.24, 2.45) is 0 Å². The molecule has 1 heterocycles. The van der Waals surface area contributed by atoms with Gasteiger partial charge in [-0.3, -0.25) is 9.36 Å². The lowest BCUT2D eigenvalue weighted by molar-refractivity contribution is -0.137. The predicted molar refractivity (Wildman–Crippen MR) is 59.0 cm³/mol. The zero-order valence-electron chi connectivity index (χ0n) is 9.38. The number of methoxy groups -OCH3 is 2. The SMILES string of the molecule is COC(=O)/C=C(\C(=O)OC)n1ccccc1=O. The fourth-order valence-electron chi connectivity index (χ4n) is 1.13. The standard InChI is InChI=1S/C11H11NO5/c1-16-10(14)7-8(11(15)17-2)12-6-4-3-5-9(12)13/h3-7H,1-2H3/b8-7+. The largest absolute Gasteiger partial charge is 0.466 e. The number of hydrogen-bond acceptors (Lipinski definition) is 5. The Bertz CT molecular complexity index is 515. The molecule has 0 atom stereocenters. The van der Waals surface area contributed by atoms with Crippen molar-refractivity contribution in [1.29, 1.82) is 0 Å². The van der Waals surface area contributed by atoms with Crippen LogP contribution in [0.1, 0.15) is 0 Å². The van der Waals surface area contributed by atoms with Crippen LogP contribution in [0.5, 0.6) is 0 Å². The smallest absolute Gasteiger partial charge is 0.355 e. The van der Waals surface area contributed by atoms with Crippen LogP contribution in [0.2, 0.25) is 0 Å². The first-order valence-electron chi connectivity index (χ1n) is 4.66. The van der Waals surface area contributed by atoms with Gasteiger partial charge >= 0.3 is 11.9 Å². The van der Waals surface area contributed by atoms with Gasteiger partial charge in [0.1, 0.15) is 5.70 Å². The molecule has 0 aliphatic heterocycles. The van der Waals surface area contributed by atoms with Crippen LogP contribution in [-0.2, 0) is 19.1 Å². The molecule has 1 rings (SSSR count). The molecule has 0 radical (unpaired) electrons. The van der Waals surface area contributed by atoms with E-state index in [0.29, 0.717) is 0 Å². The summed E-state index contributed by atoms with van der Waals surface area (Å²) in [6, 6.07) is 4.33. The first kappa shape index (κ1) is 12.7. The van der Waals surface area contributed by atoms with Gasteiger partial charge in [0.25, 0.3) is 5.56 Å². The average Bonchev–Trinajstić information content (AvgIpc) is 2.35. The van der Waals surface area contributed by atoms with Crippen LogP contribution in [0.3, 0.4) is 0 Å². The Kier molecular flexibility index (Phi) is 4.21. The third-order valence-corrected chi connectivity index (χ3v) is 1.93. The van der Waals surface area contributed by atoms with Gasteiger partial charge in [0.15, 0.2) is 0 Å². The molecule has 0 fully saturated rings. The molecular formula is C11H11NO5. The number of esters is 2. The van der Waals surface area contributed by atoms with Crippen LogP contribution in [0.4, 0.5) is 0 Å². The lowest BCUT2D eigenvalue weighted by Crippen LogP contribution is -2.23. The summed E-state index contributed by atoms with van der Waals surface area (Å²) in [5, 5.41) is 0. The summed E-state index contributed by atoms with van der Waals surface area (Å²) < 4.78 is 9.89. The molecule has 0 saturated carbocycles. The van der Waals surface area contributed by atoms with E-state index in [1.54, 1.807) is 6.07 Å². The van der Waals surface area contributed by atoms with Gasteiger partial charge in [-0.15, -0.1) is 0 Å². The molecule has 17 heavy (non-hydrogen) atoms. The number of carbonyl (C=O) groups excluding carboxylic acids is 2. The minimum absolute atomic E-state index is 0.204. The number of pyridine rings is 1. The van der Waals surface area contributed by atoms with Gasteiger partial charge in [-0.05, 0) is 6.07 Å². The zero-order valence-corrected chi connectivity index (χ0v) is 9.38. The van der Waals surface area contributed by atoms with Crippen LogP contribution < -0.4 is 5.56 Å². The fourth-order valence-corrected chi connectivity index (χ4v) is 1.13. The van der Waals surface area contributed by atoms with E-state index in [-0.39, 0.29) is 5.70 Å². The lowest BCUT2D eigenvalue weighted by atomic mass is 10.3. The molecule has 1 aromatic rings. The molecule has 0 spiro atoms. The average molecular weight is 237 g/mol. The van der Waals surface area contributed by atoms with Crippen molar-refractivity contribution in [3.8, 4) is 0 Å². The van der Waals surface area contributed by atoms with Gasteiger partial charge in [-0.1, -0.05) is 6.07 Å². The van der Waals surface area contributed by atoms with Crippen molar-refractivity contribution in [3.05, 3.63) is 40.8 Å². The first-order valence-corrected chi connectivity index (χ1v) is 4.66. The molecule has 0 saturated heterocycles. The molecule has 0 aliphatic rings.